The van der Waals surface area contributed by atoms with Crippen LogP contribution in [0.4, 0.5) is 0 Å². The highest BCUT2D eigenvalue weighted by atomic mass is 16.5. The monoisotopic (exact) mass is 341 g/mol. The molecule has 25 heavy (non-hydrogen) atoms. The van der Waals surface area contributed by atoms with Gasteiger partial charge in [0.15, 0.2) is 0 Å². The summed E-state index contributed by atoms with van der Waals surface area (Å²) in [5.41, 5.74) is 1.48. The molecule has 1 atom stereocenters. The number of carbonyl (C=O) groups is 1. The van der Waals surface area contributed by atoms with E-state index in [1.54, 1.807) is 26.4 Å². The number of likely N-dealkylation sites (N-methyl/N-ethyl adjacent to an activating group) is 1. The number of hydrogen-bond acceptors (Lipinski definition) is 4. The molecule has 1 saturated heterocycles. The van der Waals surface area contributed by atoms with Crippen molar-refractivity contribution in [2.75, 3.05) is 33.8 Å². The predicted molar refractivity (Wildman–Crippen MR) is 96.0 cm³/mol. The molecule has 0 radical (unpaired) electrons. The van der Waals surface area contributed by atoms with Crippen molar-refractivity contribution in [2.24, 2.45) is 7.05 Å². The Labute approximate surface area is 147 Å². The first-order valence-electron chi connectivity index (χ1n) is 8.30. The second-order valence-electron chi connectivity index (χ2n) is 6.36. The highest BCUT2D eigenvalue weighted by molar-refractivity contribution is 5.94. The number of pyridine rings is 1. The van der Waals surface area contributed by atoms with Crippen molar-refractivity contribution in [3.05, 3.63) is 64.1 Å². The van der Waals surface area contributed by atoms with E-state index >= 15 is 0 Å². The van der Waals surface area contributed by atoms with Gasteiger partial charge in [-0.2, -0.15) is 0 Å². The van der Waals surface area contributed by atoms with Gasteiger partial charge in [-0.1, -0.05) is 18.2 Å². The average Bonchev–Trinajstić information content (AvgIpc) is 2.64. The van der Waals surface area contributed by atoms with E-state index < -0.39 is 0 Å². The van der Waals surface area contributed by atoms with Crippen molar-refractivity contribution in [1.29, 1.82) is 0 Å². The van der Waals surface area contributed by atoms with Crippen LogP contribution in [-0.2, 0) is 7.05 Å². The van der Waals surface area contributed by atoms with E-state index in [2.05, 4.69) is 11.9 Å². The van der Waals surface area contributed by atoms with E-state index in [0.29, 0.717) is 18.7 Å². The van der Waals surface area contributed by atoms with Crippen molar-refractivity contribution in [1.82, 2.24) is 14.4 Å². The summed E-state index contributed by atoms with van der Waals surface area (Å²) in [4.78, 5) is 28.5. The van der Waals surface area contributed by atoms with Gasteiger partial charge in [-0.05, 0) is 19.2 Å². The Morgan fingerprint density at radius 1 is 1.12 bits per heavy atom. The lowest BCUT2D eigenvalue weighted by Crippen LogP contribution is -2.49. The molecule has 1 aliphatic heterocycles. The molecule has 0 unspecified atom stereocenters. The fraction of sp³-hybridized carbons (Fsp3) is 0.368. The molecule has 2 heterocycles. The summed E-state index contributed by atoms with van der Waals surface area (Å²) < 4.78 is 6.92. The van der Waals surface area contributed by atoms with Gasteiger partial charge in [0.2, 0.25) is 5.56 Å². The highest BCUT2D eigenvalue weighted by Gasteiger charge is 2.30. The number of amides is 1. The van der Waals surface area contributed by atoms with Gasteiger partial charge in [0.05, 0.1) is 18.7 Å². The SMILES string of the molecule is COc1ccccc1[C@H]1CN(C(=O)c2ccc(=O)n(C)c2)CCN1C. The number of para-hydroxylation sites is 1. The van der Waals surface area contributed by atoms with Crippen LogP contribution in [0.3, 0.4) is 0 Å². The first-order valence-corrected chi connectivity index (χ1v) is 8.30. The Morgan fingerprint density at radius 2 is 1.88 bits per heavy atom. The van der Waals surface area contributed by atoms with Gasteiger partial charge in [-0.3, -0.25) is 14.5 Å². The molecule has 0 bridgehead atoms. The van der Waals surface area contributed by atoms with Gasteiger partial charge < -0.3 is 14.2 Å². The summed E-state index contributed by atoms with van der Waals surface area (Å²) in [7, 11) is 5.38. The summed E-state index contributed by atoms with van der Waals surface area (Å²) in [6.07, 6.45) is 1.60. The van der Waals surface area contributed by atoms with Gasteiger partial charge in [-0.25, -0.2) is 0 Å². The number of methoxy groups -OCH3 is 1. The molecule has 0 N–H and O–H groups in total. The normalized spacial score (nSPS) is 18.2. The van der Waals surface area contributed by atoms with Gasteiger partial charge in [0.1, 0.15) is 5.75 Å². The molecule has 1 aromatic heterocycles. The smallest absolute Gasteiger partial charge is 0.255 e. The third-order valence-electron chi connectivity index (χ3n) is 4.77. The third-order valence-corrected chi connectivity index (χ3v) is 4.77. The number of nitrogens with zero attached hydrogens (tertiary/aromatic N) is 3. The maximum absolute atomic E-state index is 12.9. The topological polar surface area (TPSA) is 54.8 Å². The zero-order valence-electron chi connectivity index (χ0n) is 14.8. The largest absolute Gasteiger partial charge is 0.496 e. The number of rotatable bonds is 3. The minimum absolute atomic E-state index is 0.0522. The molecule has 1 fully saturated rings. The fourth-order valence-electron chi connectivity index (χ4n) is 3.24. The molecule has 6 nitrogen and oxygen atoms in total. The van der Waals surface area contributed by atoms with Crippen molar-refractivity contribution >= 4 is 5.91 Å². The lowest BCUT2D eigenvalue weighted by molar-refractivity contribution is 0.0541. The summed E-state index contributed by atoms with van der Waals surface area (Å²) in [5.74, 6) is 0.777. The molecule has 1 amide bonds. The van der Waals surface area contributed by atoms with Crippen LogP contribution in [0.15, 0.2) is 47.4 Å². The summed E-state index contributed by atoms with van der Waals surface area (Å²) in [6.45, 7) is 2.02. The van der Waals surface area contributed by atoms with Gasteiger partial charge in [0, 0.05) is 44.5 Å². The standard InChI is InChI=1S/C19H23N3O3/c1-20-10-11-22(19(24)14-8-9-18(23)21(2)12-14)13-16(20)15-6-4-5-7-17(15)25-3/h4-9,12,16H,10-11,13H2,1-3H3/t16-/m1/s1. The second-order valence-corrected chi connectivity index (χ2v) is 6.36. The molecule has 1 aromatic carbocycles. The number of hydrogen-bond donors (Lipinski definition) is 0. The average molecular weight is 341 g/mol. The Morgan fingerprint density at radius 3 is 2.60 bits per heavy atom. The predicted octanol–water partition coefficient (Wildman–Crippen LogP) is 1.52. The number of benzene rings is 1. The lowest BCUT2D eigenvalue weighted by Gasteiger charge is -2.40. The quantitative estimate of drug-likeness (QED) is 0.849. The second kappa shape index (κ2) is 7.11. The fourth-order valence-corrected chi connectivity index (χ4v) is 3.24. The third kappa shape index (κ3) is 3.44. The van der Waals surface area contributed by atoms with Crippen molar-refractivity contribution in [2.45, 2.75) is 6.04 Å². The molecule has 0 aliphatic carbocycles. The number of ether oxygens (including phenoxy) is 1. The zero-order valence-corrected chi connectivity index (χ0v) is 14.8. The molecule has 6 heteroatoms. The summed E-state index contributed by atoms with van der Waals surface area (Å²) >= 11 is 0. The molecule has 1 aliphatic rings. The first-order chi connectivity index (χ1) is 12.0. The lowest BCUT2D eigenvalue weighted by atomic mass is 10.0. The number of aryl methyl sites for hydroxylation is 1. The van der Waals surface area contributed by atoms with E-state index in [4.69, 9.17) is 4.74 Å². The molecular weight excluding hydrogens is 318 g/mol. The Bertz CT molecular complexity index is 831. The van der Waals surface area contributed by atoms with Crippen molar-refractivity contribution in [3.63, 3.8) is 0 Å². The molecule has 0 saturated carbocycles. The van der Waals surface area contributed by atoms with Crippen LogP contribution >= 0.6 is 0 Å². The maximum Gasteiger partial charge on any atom is 0.255 e. The molecule has 3 rings (SSSR count). The molecule has 0 spiro atoms. The van der Waals surface area contributed by atoms with Crippen LogP contribution in [0, 0.1) is 0 Å². The van der Waals surface area contributed by atoms with Crippen molar-refractivity contribution in [3.8, 4) is 5.75 Å². The van der Waals surface area contributed by atoms with Gasteiger partial charge >= 0.3 is 0 Å². The maximum atomic E-state index is 12.9. The van der Waals surface area contributed by atoms with Crippen LogP contribution in [0.5, 0.6) is 5.75 Å². The van der Waals surface area contributed by atoms with Crippen LogP contribution in [0.2, 0.25) is 0 Å². The molecular formula is C19H23N3O3. The number of aromatic nitrogens is 1. The Hall–Kier alpha value is -2.60. The highest BCUT2D eigenvalue weighted by Crippen LogP contribution is 2.31. The van der Waals surface area contributed by atoms with Crippen LogP contribution in [0.1, 0.15) is 22.0 Å². The minimum Gasteiger partial charge on any atom is -0.496 e. The van der Waals surface area contributed by atoms with Gasteiger partial charge in [0.25, 0.3) is 5.91 Å². The van der Waals surface area contributed by atoms with Crippen LogP contribution in [0.25, 0.3) is 0 Å². The minimum atomic E-state index is -0.123. The van der Waals surface area contributed by atoms with E-state index in [0.717, 1.165) is 17.9 Å². The van der Waals surface area contributed by atoms with E-state index in [1.807, 2.05) is 29.2 Å². The number of carbonyl (C=O) groups excluding carboxylic acids is 1. The molecule has 2 aromatic rings. The van der Waals surface area contributed by atoms with Crippen LogP contribution < -0.4 is 10.3 Å². The zero-order chi connectivity index (χ0) is 18.0. The van der Waals surface area contributed by atoms with Crippen LogP contribution in [-0.4, -0.2) is 54.1 Å². The van der Waals surface area contributed by atoms with E-state index in [9.17, 15) is 9.59 Å². The van der Waals surface area contributed by atoms with Crippen molar-refractivity contribution < 1.29 is 9.53 Å². The Balaban J connectivity index is 1.86. The van der Waals surface area contributed by atoms with E-state index in [1.165, 1.54) is 10.6 Å². The Kier molecular flexibility index (Phi) is 4.90. The summed E-state index contributed by atoms with van der Waals surface area (Å²) in [5, 5.41) is 0. The molecule has 132 valence electrons. The van der Waals surface area contributed by atoms with E-state index in [-0.39, 0.29) is 17.5 Å². The van der Waals surface area contributed by atoms with Gasteiger partial charge in [-0.15, -0.1) is 0 Å². The first kappa shape index (κ1) is 17.2. The summed E-state index contributed by atoms with van der Waals surface area (Å²) in [6, 6.07) is 11.0. The number of piperazine rings is 1.